The summed E-state index contributed by atoms with van der Waals surface area (Å²) in [7, 11) is 2.11. The first-order chi connectivity index (χ1) is 8.57. The third-order valence-electron chi connectivity index (χ3n) is 3.30. The molecule has 2 rings (SSSR count). The van der Waals surface area contributed by atoms with Gasteiger partial charge in [-0.25, -0.2) is 0 Å². The number of hydrogen-bond donors (Lipinski definition) is 1. The number of nitrogens with one attached hydrogen (secondary N) is 1. The Bertz CT molecular complexity index is 390. The fourth-order valence-corrected chi connectivity index (χ4v) is 2.07. The standard InChI is InChI=1S/C14H23N3O/c1-12-5-4-6-13(16-12)9-17(3)7-8-18-14(2)10-15-11-14/h4-6,15H,7-11H2,1-3H3. The first kappa shape index (κ1) is 13.5. The Morgan fingerprint density at radius 1 is 1.44 bits per heavy atom. The summed E-state index contributed by atoms with van der Waals surface area (Å²) < 4.78 is 5.87. The summed E-state index contributed by atoms with van der Waals surface area (Å²) in [5.74, 6) is 0. The maximum absolute atomic E-state index is 5.87. The summed E-state index contributed by atoms with van der Waals surface area (Å²) in [6.45, 7) is 8.71. The lowest BCUT2D eigenvalue weighted by Gasteiger charge is -2.39. The highest BCUT2D eigenvalue weighted by Gasteiger charge is 2.32. The highest BCUT2D eigenvalue weighted by molar-refractivity contribution is 5.09. The van der Waals surface area contributed by atoms with Crippen molar-refractivity contribution in [3.63, 3.8) is 0 Å². The van der Waals surface area contributed by atoms with Crippen LogP contribution in [0, 0.1) is 6.92 Å². The van der Waals surface area contributed by atoms with Crippen LogP contribution in [0.1, 0.15) is 18.3 Å². The second-order valence-electron chi connectivity index (χ2n) is 5.41. The molecule has 0 saturated carbocycles. The van der Waals surface area contributed by atoms with Crippen LogP contribution in [0.5, 0.6) is 0 Å². The normalized spacial score (nSPS) is 17.8. The Morgan fingerprint density at radius 3 is 2.83 bits per heavy atom. The summed E-state index contributed by atoms with van der Waals surface area (Å²) in [6.07, 6.45) is 0. The van der Waals surface area contributed by atoms with E-state index in [1.54, 1.807) is 0 Å². The molecule has 0 aromatic carbocycles. The monoisotopic (exact) mass is 249 g/mol. The van der Waals surface area contributed by atoms with Gasteiger partial charge in [-0.15, -0.1) is 0 Å². The van der Waals surface area contributed by atoms with E-state index in [0.717, 1.165) is 44.2 Å². The summed E-state index contributed by atoms with van der Waals surface area (Å²) in [5, 5.41) is 3.24. The van der Waals surface area contributed by atoms with Crippen LogP contribution in [0.2, 0.25) is 0 Å². The number of hydrogen-bond acceptors (Lipinski definition) is 4. The molecule has 1 aliphatic heterocycles. The molecule has 2 heterocycles. The van der Waals surface area contributed by atoms with Crippen molar-refractivity contribution in [3.8, 4) is 0 Å². The zero-order valence-corrected chi connectivity index (χ0v) is 11.6. The molecule has 18 heavy (non-hydrogen) atoms. The zero-order chi connectivity index (χ0) is 13.0. The Morgan fingerprint density at radius 2 is 2.22 bits per heavy atom. The number of aryl methyl sites for hydroxylation is 1. The van der Waals surface area contributed by atoms with E-state index in [2.05, 4.69) is 41.3 Å². The second kappa shape index (κ2) is 5.78. The maximum Gasteiger partial charge on any atom is 0.0902 e. The minimum absolute atomic E-state index is 0.0580. The van der Waals surface area contributed by atoms with Gasteiger partial charge in [-0.05, 0) is 33.0 Å². The average molecular weight is 249 g/mol. The van der Waals surface area contributed by atoms with Crippen LogP contribution < -0.4 is 5.32 Å². The number of ether oxygens (including phenoxy) is 1. The molecule has 1 aromatic heterocycles. The lowest BCUT2D eigenvalue weighted by molar-refractivity contribution is -0.0712. The molecule has 0 aliphatic carbocycles. The first-order valence-corrected chi connectivity index (χ1v) is 6.53. The zero-order valence-electron chi connectivity index (χ0n) is 11.6. The van der Waals surface area contributed by atoms with Crippen molar-refractivity contribution in [2.75, 3.05) is 33.3 Å². The number of pyridine rings is 1. The Kier molecular flexibility index (Phi) is 4.32. The van der Waals surface area contributed by atoms with Gasteiger partial charge in [-0.2, -0.15) is 0 Å². The summed E-state index contributed by atoms with van der Waals surface area (Å²) in [4.78, 5) is 6.75. The van der Waals surface area contributed by atoms with Crippen molar-refractivity contribution < 1.29 is 4.74 Å². The van der Waals surface area contributed by atoms with E-state index in [0.29, 0.717) is 0 Å². The molecular weight excluding hydrogens is 226 g/mol. The first-order valence-electron chi connectivity index (χ1n) is 6.53. The van der Waals surface area contributed by atoms with E-state index in [1.165, 1.54) is 0 Å². The van der Waals surface area contributed by atoms with Crippen molar-refractivity contribution >= 4 is 0 Å². The quantitative estimate of drug-likeness (QED) is 0.822. The van der Waals surface area contributed by atoms with Crippen molar-refractivity contribution in [1.82, 2.24) is 15.2 Å². The molecule has 0 atom stereocenters. The van der Waals surface area contributed by atoms with Gasteiger partial charge >= 0.3 is 0 Å². The average Bonchev–Trinajstić information content (AvgIpc) is 2.26. The van der Waals surface area contributed by atoms with Gasteiger partial charge in [0, 0.05) is 31.9 Å². The molecule has 1 aliphatic rings. The van der Waals surface area contributed by atoms with Crippen molar-refractivity contribution in [1.29, 1.82) is 0 Å². The molecule has 0 spiro atoms. The van der Waals surface area contributed by atoms with Crippen molar-refractivity contribution in [2.24, 2.45) is 0 Å². The van der Waals surface area contributed by atoms with Crippen molar-refractivity contribution in [3.05, 3.63) is 29.6 Å². The minimum Gasteiger partial charge on any atom is -0.371 e. The van der Waals surface area contributed by atoms with Crippen LogP contribution in [0.15, 0.2) is 18.2 Å². The van der Waals surface area contributed by atoms with E-state index in [9.17, 15) is 0 Å². The van der Waals surface area contributed by atoms with Gasteiger partial charge in [0.2, 0.25) is 0 Å². The lowest BCUT2D eigenvalue weighted by Crippen LogP contribution is -2.59. The van der Waals surface area contributed by atoms with E-state index >= 15 is 0 Å². The Labute approximate surface area is 109 Å². The third-order valence-corrected chi connectivity index (χ3v) is 3.30. The van der Waals surface area contributed by atoms with Gasteiger partial charge in [-0.3, -0.25) is 9.88 Å². The predicted octanol–water partition coefficient (Wildman–Crippen LogP) is 1.20. The molecule has 100 valence electrons. The number of aromatic nitrogens is 1. The van der Waals surface area contributed by atoms with E-state index in [1.807, 2.05) is 13.0 Å². The molecule has 1 aromatic rings. The largest absolute Gasteiger partial charge is 0.371 e. The van der Waals surface area contributed by atoms with Gasteiger partial charge in [0.05, 0.1) is 17.9 Å². The van der Waals surface area contributed by atoms with Crippen LogP contribution in [0.25, 0.3) is 0 Å². The second-order valence-corrected chi connectivity index (χ2v) is 5.41. The fourth-order valence-electron chi connectivity index (χ4n) is 2.07. The molecule has 4 nitrogen and oxygen atoms in total. The van der Waals surface area contributed by atoms with Gasteiger partial charge in [-0.1, -0.05) is 6.07 Å². The molecule has 0 bridgehead atoms. The van der Waals surface area contributed by atoms with Crippen molar-refractivity contribution in [2.45, 2.75) is 26.0 Å². The van der Waals surface area contributed by atoms with Crippen LogP contribution >= 0.6 is 0 Å². The molecule has 4 heteroatoms. The van der Waals surface area contributed by atoms with E-state index < -0.39 is 0 Å². The molecule has 1 N–H and O–H groups in total. The van der Waals surface area contributed by atoms with Crippen LogP contribution in [0.4, 0.5) is 0 Å². The molecule has 1 saturated heterocycles. The van der Waals surface area contributed by atoms with Gasteiger partial charge in [0.1, 0.15) is 0 Å². The fraction of sp³-hybridized carbons (Fsp3) is 0.643. The van der Waals surface area contributed by atoms with Crippen LogP contribution in [-0.4, -0.2) is 48.8 Å². The van der Waals surface area contributed by atoms with E-state index in [4.69, 9.17) is 4.74 Å². The van der Waals surface area contributed by atoms with Gasteiger partial charge < -0.3 is 10.1 Å². The maximum atomic E-state index is 5.87. The van der Waals surface area contributed by atoms with Crippen LogP contribution in [-0.2, 0) is 11.3 Å². The summed E-state index contributed by atoms with van der Waals surface area (Å²) in [6, 6.07) is 6.15. The Balaban J connectivity index is 1.70. The SMILES string of the molecule is Cc1cccc(CN(C)CCOC2(C)CNC2)n1. The minimum atomic E-state index is 0.0580. The topological polar surface area (TPSA) is 37.4 Å². The smallest absolute Gasteiger partial charge is 0.0902 e. The predicted molar refractivity (Wildman–Crippen MR) is 72.5 cm³/mol. The van der Waals surface area contributed by atoms with E-state index in [-0.39, 0.29) is 5.60 Å². The summed E-state index contributed by atoms with van der Waals surface area (Å²) in [5.41, 5.74) is 2.25. The highest BCUT2D eigenvalue weighted by atomic mass is 16.5. The molecule has 1 fully saturated rings. The number of rotatable bonds is 6. The molecular formula is C14H23N3O. The molecule has 0 unspecified atom stereocenters. The van der Waals surface area contributed by atoms with Gasteiger partial charge in [0.25, 0.3) is 0 Å². The lowest BCUT2D eigenvalue weighted by atomic mass is 10.0. The summed E-state index contributed by atoms with van der Waals surface area (Å²) >= 11 is 0. The molecule has 0 radical (unpaired) electrons. The number of likely N-dealkylation sites (N-methyl/N-ethyl adjacent to an activating group) is 1. The van der Waals surface area contributed by atoms with Crippen LogP contribution in [0.3, 0.4) is 0 Å². The highest BCUT2D eigenvalue weighted by Crippen LogP contribution is 2.14. The Hall–Kier alpha value is -0.970. The molecule has 0 amide bonds. The third kappa shape index (κ3) is 3.77. The van der Waals surface area contributed by atoms with Gasteiger partial charge in [0.15, 0.2) is 0 Å². The number of nitrogens with zero attached hydrogens (tertiary/aromatic N) is 2.